The second-order valence-electron chi connectivity index (χ2n) is 9.85. The first kappa shape index (κ1) is 27.3. The van der Waals surface area contributed by atoms with Gasteiger partial charge in [-0.15, -0.1) is 0 Å². The SMILES string of the molecule is COc1ccc(C(=O)N(C)C2CCN(C(=O)C3CCN(C(C)=O)CC3)C[C@H]2c2ccc(Cl)c(Cl)c2)cc1. The van der Waals surface area contributed by atoms with E-state index in [1.807, 2.05) is 24.1 Å². The average Bonchev–Trinajstić information content (AvgIpc) is 2.93. The van der Waals surface area contributed by atoms with E-state index in [1.165, 1.54) is 0 Å². The van der Waals surface area contributed by atoms with Crippen LogP contribution in [0.3, 0.4) is 0 Å². The number of carbonyl (C=O) groups excluding carboxylic acids is 3. The van der Waals surface area contributed by atoms with Gasteiger partial charge >= 0.3 is 0 Å². The molecule has 2 aliphatic rings. The molecule has 0 aromatic heterocycles. The highest BCUT2D eigenvalue weighted by Gasteiger charge is 2.39. The fourth-order valence-corrected chi connectivity index (χ4v) is 5.77. The molecule has 2 saturated heterocycles. The summed E-state index contributed by atoms with van der Waals surface area (Å²) in [5.74, 6) is 0.548. The molecule has 198 valence electrons. The van der Waals surface area contributed by atoms with Crippen molar-refractivity contribution < 1.29 is 19.1 Å². The number of amides is 3. The van der Waals surface area contributed by atoms with Crippen molar-refractivity contribution in [2.24, 2.45) is 5.92 Å². The quantitative estimate of drug-likeness (QED) is 0.545. The van der Waals surface area contributed by atoms with E-state index in [4.69, 9.17) is 27.9 Å². The lowest BCUT2D eigenvalue weighted by Gasteiger charge is -2.44. The zero-order valence-electron chi connectivity index (χ0n) is 21.5. The van der Waals surface area contributed by atoms with E-state index in [1.54, 1.807) is 54.2 Å². The molecule has 0 saturated carbocycles. The van der Waals surface area contributed by atoms with Crippen LogP contribution in [-0.2, 0) is 9.59 Å². The summed E-state index contributed by atoms with van der Waals surface area (Å²) in [6.07, 6.45) is 1.98. The highest BCUT2D eigenvalue weighted by molar-refractivity contribution is 6.42. The van der Waals surface area contributed by atoms with Crippen molar-refractivity contribution in [3.05, 3.63) is 63.6 Å². The predicted octanol–water partition coefficient (Wildman–Crippen LogP) is 4.72. The minimum Gasteiger partial charge on any atom is -0.497 e. The second-order valence-corrected chi connectivity index (χ2v) is 10.7. The van der Waals surface area contributed by atoms with Gasteiger partial charge in [0.25, 0.3) is 5.91 Å². The maximum Gasteiger partial charge on any atom is 0.253 e. The molecule has 0 aliphatic carbocycles. The number of hydrogen-bond acceptors (Lipinski definition) is 4. The lowest BCUT2D eigenvalue weighted by atomic mass is 9.83. The van der Waals surface area contributed by atoms with E-state index in [0.29, 0.717) is 66.8 Å². The molecule has 1 unspecified atom stereocenters. The van der Waals surface area contributed by atoms with Crippen LogP contribution < -0.4 is 4.74 Å². The Morgan fingerprint density at radius 1 is 0.919 bits per heavy atom. The molecule has 0 radical (unpaired) electrons. The predicted molar refractivity (Wildman–Crippen MR) is 144 cm³/mol. The van der Waals surface area contributed by atoms with Crippen molar-refractivity contribution in [2.75, 3.05) is 40.3 Å². The van der Waals surface area contributed by atoms with Gasteiger partial charge in [-0.05, 0) is 61.2 Å². The van der Waals surface area contributed by atoms with Crippen LogP contribution in [0.1, 0.15) is 48.0 Å². The van der Waals surface area contributed by atoms with Crippen molar-refractivity contribution >= 4 is 40.9 Å². The largest absolute Gasteiger partial charge is 0.497 e. The van der Waals surface area contributed by atoms with Crippen molar-refractivity contribution in [1.82, 2.24) is 14.7 Å². The Morgan fingerprint density at radius 3 is 2.16 bits per heavy atom. The van der Waals surface area contributed by atoms with Crippen molar-refractivity contribution in [3.8, 4) is 5.75 Å². The molecule has 2 atom stereocenters. The number of ether oxygens (including phenoxy) is 1. The Morgan fingerprint density at radius 2 is 1.57 bits per heavy atom. The van der Waals surface area contributed by atoms with E-state index in [0.717, 1.165) is 5.56 Å². The molecule has 2 aliphatic heterocycles. The van der Waals surface area contributed by atoms with Gasteiger partial charge in [0.15, 0.2) is 0 Å². The van der Waals surface area contributed by atoms with Crippen LogP contribution in [0.15, 0.2) is 42.5 Å². The molecule has 2 aromatic rings. The van der Waals surface area contributed by atoms with Crippen LogP contribution in [0.5, 0.6) is 5.75 Å². The zero-order valence-corrected chi connectivity index (χ0v) is 23.0. The third kappa shape index (κ3) is 6.04. The third-order valence-electron chi connectivity index (χ3n) is 7.70. The molecule has 37 heavy (non-hydrogen) atoms. The first-order chi connectivity index (χ1) is 17.7. The molecule has 7 nitrogen and oxygen atoms in total. The van der Waals surface area contributed by atoms with Crippen LogP contribution in [0, 0.1) is 5.92 Å². The molecule has 2 fully saturated rings. The second kappa shape index (κ2) is 11.7. The highest BCUT2D eigenvalue weighted by Crippen LogP contribution is 2.35. The number of piperidine rings is 2. The van der Waals surface area contributed by atoms with E-state index < -0.39 is 0 Å². The number of hydrogen-bond donors (Lipinski definition) is 0. The fourth-order valence-electron chi connectivity index (χ4n) is 5.46. The standard InChI is InChI=1S/C28H33Cl2N3O4/c1-18(34)32-13-10-20(11-14-32)28(36)33-15-12-26(23(17-33)21-6-9-24(29)25(30)16-21)31(2)27(35)19-4-7-22(37-3)8-5-19/h4-9,16,20,23,26H,10-15,17H2,1-3H3/t23-,26?/m0/s1. The van der Waals surface area contributed by atoms with Crippen molar-refractivity contribution in [3.63, 3.8) is 0 Å². The Labute approximate surface area is 228 Å². The molecular formula is C28H33Cl2N3O4. The fraction of sp³-hybridized carbons (Fsp3) is 0.464. The number of nitrogens with zero attached hydrogens (tertiary/aromatic N) is 3. The number of likely N-dealkylation sites (tertiary alicyclic amines) is 2. The van der Waals surface area contributed by atoms with E-state index in [2.05, 4.69) is 0 Å². The van der Waals surface area contributed by atoms with Crippen LogP contribution >= 0.6 is 23.2 Å². The Bertz CT molecular complexity index is 1150. The summed E-state index contributed by atoms with van der Waals surface area (Å²) < 4.78 is 5.22. The Kier molecular flexibility index (Phi) is 8.65. The van der Waals surface area contributed by atoms with Gasteiger partial charge in [-0.25, -0.2) is 0 Å². The van der Waals surface area contributed by atoms with Gasteiger partial charge in [0.05, 0.1) is 17.2 Å². The monoisotopic (exact) mass is 545 g/mol. The molecule has 0 N–H and O–H groups in total. The lowest BCUT2D eigenvalue weighted by molar-refractivity contribution is -0.141. The minimum absolute atomic E-state index is 0.0518. The topological polar surface area (TPSA) is 70.2 Å². The number of carbonyl (C=O) groups is 3. The molecule has 0 bridgehead atoms. The van der Waals surface area contributed by atoms with Gasteiger partial charge in [-0.3, -0.25) is 14.4 Å². The van der Waals surface area contributed by atoms with Gasteiger partial charge < -0.3 is 19.4 Å². The number of methoxy groups -OCH3 is 1. The number of benzene rings is 2. The summed E-state index contributed by atoms with van der Waals surface area (Å²) in [6.45, 7) is 3.83. The van der Waals surface area contributed by atoms with Gasteiger partial charge in [-0.1, -0.05) is 29.3 Å². The Balaban J connectivity index is 1.55. The zero-order chi connectivity index (χ0) is 26.7. The van der Waals surface area contributed by atoms with Gasteiger partial charge in [0, 0.05) is 63.6 Å². The Hall–Kier alpha value is -2.77. The van der Waals surface area contributed by atoms with Crippen molar-refractivity contribution in [1.29, 1.82) is 0 Å². The summed E-state index contributed by atoms with van der Waals surface area (Å²) in [6, 6.07) is 12.5. The highest BCUT2D eigenvalue weighted by atomic mass is 35.5. The summed E-state index contributed by atoms with van der Waals surface area (Å²) in [5.41, 5.74) is 1.52. The van der Waals surface area contributed by atoms with Crippen molar-refractivity contribution in [2.45, 2.75) is 38.1 Å². The van der Waals surface area contributed by atoms with Crippen LogP contribution in [0.2, 0.25) is 10.0 Å². The van der Waals surface area contributed by atoms with Crippen LogP contribution in [0.25, 0.3) is 0 Å². The van der Waals surface area contributed by atoms with Crippen LogP contribution in [0.4, 0.5) is 0 Å². The normalized spacial score (nSPS) is 20.5. The minimum atomic E-state index is -0.129. The van der Waals surface area contributed by atoms with Gasteiger partial charge in [0.1, 0.15) is 5.75 Å². The smallest absolute Gasteiger partial charge is 0.253 e. The maximum atomic E-state index is 13.5. The lowest BCUT2D eigenvalue weighted by Crippen LogP contribution is -2.53. The van der Waals surface area contributed by atoms with Crippen LogP contribution in [-0.4, -0.2) is 78.8 Å². The van der Waals surface area contributed by atoms with Gasteiger partial charge in [0.2, 0.25) is 11.8 Å². The molecule has 9 heteroatoms. The first-order valence-corrected chi connectivity index (χ1v) is 13.4. The van der Waals surface area contributed by atoms with Gasteiger partial charge in [-0.2, -0.15) is 0 Å². The molecule has 4 rings (SSSR count). The molecular weight excluding hydrogens is 513 g/mol. The van der Waals surface area contributed by atoms with E-state index in [9.17, 15) is 14.4 Å². The average molecular weight is 546 g/mol. The first-order valence-electron chi connectivity index (χ1n) is 12.6. The summed E-state index contributed by atoms with van der Waals surface area (Å²) >= 11 is 12.6. The summed E-state index contributed by atoms with van der Waals surface area (Å²) in [5, 5.41) is 0.910. The molecule has 2 heterocycles. The van der Waals surface area contributed by atoms with E-state index >= 15 is 0 Å². The summed E-state index contributed by atoms with van der Waals surface area (Å²) in [7, 11) is 3.41. The number of likely N-dealkylation sites (N-methyl/N-ethyl adjacent to an activating group) is 1. The van der Waals surface area contributed by atoms with E-state index in [-0.39, 0.29) is 35.6 Å². The summed E-state index contributed by atoms with van der Waals surface area (Å²) in [4.78, 5) is 44.1. The third-order valence-corrected chi connectivity index (χ3v) is 8.44. The number of rotatable bonds is 5. The maximum absolute atomic E-state index is 13.5. The number of halogens is 2. The molecule has 2 aromatic carbocycles. The molecule has 3 amide bonds. The molecule has 0 spiro atoms.